The summed E-state index contributed by atoms with van der Waals surface area (Å²) in [6.07, 6.45) is 1.66. The summed E-state index contributed by atoms with van der Waals surface area (Å²) in [5, 5.41) is 9.51. The van der Waals surface area contributed by atoms with Gasteiger partial charge in [0.2, 0.25) is 5.71 Å². The molecule has 4 rings (SSSR count). The summed E-state index contributed by atoms with van der Waals surface area (Å²) >= 11 is 0. The number of fused-ring (bicyclic) bond motifs is 2. The number of aromatic nitrogens is 1. The van der Waals surface area contributed by atoms with Crippen molar-refractivity contribution in [2.24, 2.45) is 5.16 Å². The predicted octanol–water partition coefficient (Wildman–Crippen LogP) is 5.10. The first-order chi connectivity index (χ1) is 12.3. The maximum absolute atomic E-state index is 5.51. The Morgan fingerprint density at radius 2 is 1.96 bits per heavy atom. The lowest BCUT2D eigenvalue weighted by atomic mass is 10.1. The number of nitrogens with zero attached hydrogens (tertiary/aromatic N) is 2. The van der Waals surface area contributed by atoms with Gasteiger partial charge in [-0.05, 0) is 31.2 Å². The van der Waals surface area contributed by atoms with Gasteiger partial charge in [0, 0.05) is 16.6 Å². The van der Waals surface area contributed by atoms with E-state index in [0.717, 1.165) is 38.9 Å². The molecule has 0 unspecified atom stereocenters. The first-order valence-electron chi connectivity index (χ1n) is 7.97. The summed E-state index contributed by atoms with van der Waals surface area (Å²) in [6, 6.07) is 18.0. The van der Waals surface area contributed by atoms with Crippen molar-refractivity contribution in [1.29, 1.82) is 0 Å². The molecule has 5 heteroatoms. The Morgan fingerprint density at radius 3 is 2.84 bits per heavy atom. The van der Waals surface area contributed by atoms with Crippen LogP contribution in [0.4, 0.5) is 11.4 Å². The van der Waals surface area contributed by atoms with Crippen LogP contribution in [-0.2, 0) is 4.84 Å². The van der Waals surface area contributed by atoms with Crippen molar-refractivity contribution in [1.82, 2.24) is 4.98 Å². The maximum atomic E-state index is 5.51. The zero-order valence-electron chi connectivity index (χ0n) is 14.0. The first-order valence-corrected chi connectivity index (χ1v) is 7.97. The van der Waals surface area contributed by atoms with Crippen LogP contribution in [-0.4, -0.2) is 17.8 Å². The number of oxime groups is 1. The molecule has 0 fully saturated rings. The summed E-state index contributed by atoms with van der Waals surface area (Å²) in [7, 11) is 1.55. The van der Waals surface area contributed by atoms with E-state index >= 15 is 0 Å². The second kappa shape index (κ2) is 6.28. The van der Waals surface area contributed by atoms with Gasteiger partial charge in [-0.25, -0.2) is 4.98 Å². The lowest BCUT2D eigenvalue weighted by Gasteiger charge is -2.12. The Kier molecular flexibility index (Phi) is 3.82. The van der Waals surface area contributed by atoms with E-state index in [1.54, 1.807) is 13.4 Å². The maximum Gasteiger partial charge on any atom is 0.228 e. The minimum Gasteiger partial charge on any atom is -0.446 e. The van der Waals surface area contributed by atoms with Gasteiger partial charge in [-0.1, -0.05) is 35.5 Å². The average Bonchev–Trinajstić information content (AvgIpc) is 3.10. The Bertz CT molecular complexity index is 1080. The average molecular weight is 331 g/mol. The zero-order chi connectivity index (χ0) is 17.2. The fraction of sp³-hybridized carbons (Fsp3) is 0.100. The molecule has 0 atom stereocenters. The van der Waals surface area contributed by atoms with Gasteiger partial charge in [0.05, 0.1) is 28.6 Å². The Hall–Kier alpha value is -3.34. The van der Waals surface area contributed by atoms with Crippen LogP contribution >= 0.6 is 0 Å². The van der Waals surface area contributed by atoms with Gasteiger partial charge in [0.1, 0.15) is 7.11 Å². The third-order valence-corrected chi connectivity index (χ3v) is 4.09. The van der Waals surface area contributed by atoms with Crippen LogP contribution in [0.5, 0.6) is 0 Å². The van der Waals surface area contributed by atoms with Crippen LogP contribution in [0.2, 0.25) is 0 Å². The summed E-state index contributed by atoms with van der Waals surface area (Å²) in [6.45, 7) is 1.92. The van der Waals surface area contributed by atoms with Crippen molar-refractivity contribution < 1.29 is 9.25 Å². The Labute approximate surface area is 144 Å². The van der Waals surface area contributed by atoms with Gasteiger partial charge in [-0.3, -0.25) is 0 Å². The van der Waals surface area contributed by atoms with Crippen molar-refractivity contribution >= 4 is 39.1 Å². The van der Waals surface area contributed by atoms with E-state index in [-0.39, 0.29) is 0 Å². The number of hydrogen-bond donors (Lipinski definition) is 1. The molecule has 0 bridgehead atoms. The molecule has 0 amide bonds. The quantitative estimate of drug-likeness (QED) is 0.418. The van der Waals surface area contributed by atoms with Gasteiger partial charge in [0.25, 0.3) is 0 Å². The van der Waals surface area contributed by atoms with Gasteiger partial charge >= 0.3 is 0 Å². The summed E-state index contributed by atoms with van der Waals surface area (Å²) in [5.74, 6) is 0. The van der Waals surface area contributed by atoms with Gasteiger partial charge in [0.15, 0.2) is 0 Å². The summed E-state index contributed by atoms with van der Waals surface area (Å²) < 4.78 is 5.51. The molecular weight excluding hydrogens is 314 g/mol. The van der Waals surface area contributed by atoms with E-state index in [2.05, 4.69) is 21.5 Å². The van der Waals surface area contributed by atoms with Crippen molar-refractivity contribution in [2.75, 3.05) is 12.4 Å². The Morgan fingerprint density at radius 1 is 1.08 bits per heavy atom. The van der Waals surface area contributed by atoms with E-state index < -0.39 is 0 Å². The molecule has 1 N–H and O–H groups in total. The number of rotatable bonds is 4. The summed E-state index contributed by atoms with van der Waals surface area (Å²) in [4.78, 5) is 9.44. The molecule has 2 aromatic carbocycles. The molecular formula is C20H17N3O2. The van der Waals surface area contributed by atoms with Crippen LogP contribution in [0.25, 0.3) is 22.0 Å². The molecule has 25 heavy (non-hydrogen) atoms. The second-order valence-corrected chi connectivity index (χ2v) is 5.71. The van der Waals surface area contributed by atoms with Crippen LogP contribution in [0, 0.1) is 0 Å². The van der Waals surface area contributed by atoms with Crippen LogP contribution in [0.15, 0.2) is 70.4 Å². The van der Waals surface area contributed by atoms with Crippen molar-refractivity contribution in [3.63, 3.8) is 0 Å². The van der Waals surface area contributed by atoms with E-state index in [1.807, 2.05) is 55.5 Å². The molecule has 2 aromatic heterocycles. The smallest absolute Gasteiger partial charge is 0.228 e. The normalized spacial score (nSPS) is 11.8. The minimum atomic E-state index is 0.620. The van der Waals surface area contributed by atoms with Gasteiger partial charge in [-0.15, -0.1) is 0 Å². The highest BCUT2D eigenvalue weighted by Gasteiger charge is 2.11. The molecule has 0 radical (unpaired) electrons. The molecule has 2 heterocycles. The van der Waals surface area contributed by atoms with Crippen molar-refractivity contribution in [2.45, 2.75) is 6.92 Å². The van der Waals surface area contributed by atoms with Gasteiger partial charge < -0.3 is 14.6 Å². The van der Waals surface area contributed by atoms with Gasteiger partial charge in [-0.2, -0.15) is 0 Å². The molecule has 0 aliphatic rings. The lowest BCUT2D eigenvalue weighted by molar-refractivity contribution is 0.213. The van der Waals surface area contributed by atoms with Crippen LogP contribution < -0.4 is 5.32 Å². The number of benzene rings is 2. The predicted molar refractivity (Wildman–Crippen MR) is 100 cm³/mol. The zero-order valence-corrected chi connectivity index (χ0v) is 14.0. The third kappa shape index (κ3) is 2.80. The monoisotopic (exact) mass is 331 g/mol. The molecule has 0 saturated heterocycles. The van der Waals surface area contributed by atoms with E-state index in [1.165, 1.54) is 0 Å². The number of para-hydroxylation sites is 1. The molecule has 0 aliphatic heterocycles. The number of pyridine rings is 1. The first kappa shape index (κ1) is 15.2. The van der Waals surface area contributed by atoms with E-state index in [4.69, 9.17) is 9.25 Å². The molecule has 5 nitrogen and oxygen atoms in total. The topological polar surface area (TPSA) is 59.6 Å². The third-order valence-electron chi connectivity index (χ3n) is 4.09. The number of hydrogen-bond acceptors (Lipinski definition) is 5. The molecule has 0 spiro atoms. The standard InChI is InChI=1S/C20H17N3O2/c1-13(23-24-2)14-6-5-7-15(12-14)21-19-16-8-3-4-9-18(16)22-20-17(19)10-11-25-20/h3-12H,1-2H3,(H,21,22)/b23-13+. The summed E-state index contributed by atoms with van der Waals surface area (Å²) in [5.41, 5.74) is 5.26. The van der Waals surface area contributed by atoms with Crippen molar-refractivity contribution in [3.8, 4) is 0 Å². The fourth-order valence-corrected chi connectivity index (χ4v) is 2.91. The van der Waals surface area contributed by atoms with E-state index in [0.29, 0.717) is 5.71 Å². The number of anilines is 2. The highest BCUT2D eigenvalue weighted by Crippen LogP contribution is 2.33. The SMILES string of the molecule is CO/N=C(\C)c1cccc(Nc2c3ccccc3nc3occc23)c1. The second-order valence-electron chi connectivity index (χ2n) is 5.71. The minimum absolute atomic E-state index is 0.620. The number of nitrogens with one attached hydrogen (secondary N) is 1. The molecule has 0 aliphatic carbocycles. The Balaban J connectivity index is 1.84. The lowest BCUT2D eigenvalue weighted by Crippen LogP contribution is -1.98. The molecule has 0 saturated carbocycles. The van der Waals surface area contributed by atoms with E-state index in [9.17, 15) is 0 Å². The van der Waals surface area contributed by atoms with Crippen LogP contribution in [0.3, 0.4) is 0 Å². The van der Waals surface area contributed by atoms with Crippen LogP contribution in [0.1, 0.15) is 12.5 Å². The highest BCUT2D eigenvalue weighted by atomic mass is 16.6. The largest absolute Gasteiger partial charge is 0.446 e. The highest BCUT2D eigenvalue weighted by molar-refractivity contribution is 6.07. The molecule has 124 valence electrons. The molecule has 4 aromatic rings. The fourth-order valence-electron chi connectivity index (χ4n) is 2.91. The number of furan rings is 1. The van der Waals surface area contributed by atoms with Crippen molar-refractivity contribution in [3.05, 3.63) is 66.4 Å².